The van der Waals surface area contributed by atoms with Gasteiger partial charge in [-0.3, -0.25) is 4.79 Å². The Morgan fingerprint density at radius 2 is 2.10 bits per heavy atom. The van der Waals surface area contributed by atoms with Crippen LogP contribution in [0.25, 0.3) is 0 Å². The zero-order chi connectivity index (χ0) is 15.4. The highest BCUT2D eigenvalue weighted by Gasteiger charge is 2.44. The molecule has 1 amide bonds. The maximum absolute atomic E-state index is 12.9. The predicted octanol–water partition coefficient (Wildman–Crippen LogP) is 2.84. The molecule has 0 spiro atoms. The highest BCUT2D eigenvalue weighted by atomic mass is 19.1. The Morgan fingerprint density at radius 3 is 2.67 bits per heavy atom. The lowest BCUT2D eigenvalue weighted by molar-refractivity contribution is -0.123. The topological polar surface area (TPSA) is 49.3 Å². The van der Waals surface area contributed by atoms with Gasteiger partial charge in [0.2, 0.25) is 5.91 Å². The third kappa shape index (κ3) is 4.27. The minimum absolute atomic E-state index is 0.00828. The summed E-state index contributed by atoms with van der Waals surface area (Å²) in [6, 6.07) is 6.53. The van der Waals surface area contributed by atoms with E-state index < -0.39 is 0 Å². The Balaban J connectivity index is 1.86. The first-order valence-electron chi connectivity index (χ1n) is 7.71. The lowest BCUT2D eigenvalue weighted by Gasteiger charge is -2.20. The van der Waals surface area contributed by atoms with Gasteiger partial charge in [-0.15, -0.1) is 0 Å². The van der Waals surface area contributed by atoms with E-state index in [9.17, 15) is 9.18 Å². The van der Waals surface area contributed by atoms with Crippen LogP contribution in [0.15, 0.2) is 24.3 Å². The molecule has 4 atom stereocenters. The molecule has 0 aliphatic heterocycles. The summed E-state index contributed by atoms with van der Waals surface area (Å²) >= 11 is 0. The van der Waals surface area contributed by atoms with Gasteiger partial charge in [-0.1, -0.05) is 26.0 Å². The number of amides is 1. The van der Waals surface area contributed by atoms with Crippen LogP contribution in [0.3, 0.4) is 0 Å². The molecule has 0 radical (unpaired) electrons. The largest absolute Gasteiger partial charge is 0.396 e. The number of rotatable bonds is 7. The molecule has 3 nitrogen and oxygen atoms in total. The summed E-state index contributed by atoms with van der Waals surface area (Å²) in [5.41, 5.74) is 1.04. The summed E-state index contributed by atoms with van der Waals surface area (Å²) < 4.78 is 12.9. The summed E-state index contributed by atoms with van der Waals surface area (Å²) in [6.45, 7) is 4.17. The number of hydrogen-bond donors (Lipinski definition) is 2. The SMILES string of the molecule is CCC(CC(C)CO)NC(=O)[C@@H]1C[C@H]1c1ccc(F)cc1. The van der Waals surface area contributed by atoms with Crippen LogP contribution in [0.4, 0.5) is 4.39 Å². The maximum Gasteiger partial charge on any atom is 0.223 e. The quantitative estimate of drug-likeness (QED) is 0.812. The molecule has 0 heterocycles. The van der Waals surface area contributed by atoms with E-state index >= 15 is 0 Å². The molecule has 1 aliphatic carbocycles. The van der Waals surface area contributed by atoms with E-state index in [2.05, 4.69) is 5.32 Å². The average Bonchev–Trinajstić information content (AvgIpc) is 3.27. The van der Waals surface area contributed by atoms with Gasteiger partial charge < -0.3 is 10.4 Å². The average molecular weight is 293 g/mol. The van der Waals surface area contributed by atoms with E-state index in [1.54, 1.807) is 12.1 Å². The maximum atomic E-state index is 12.9. The zero-order valence-electron chi connectivity index (χ0n) is 12.7. The predicted molar refractivity (Wildman–Crippen MR) is 80.3 cm³/mol. The van der Waals surface area contributed by atoms with Gasteiger partial charge in [-0.05, 0) is 48.8 Å². The number of aliphatic hydroxyl groups is 1. The summed E-state index contributed by atoms with van der Waals surface area (Å²) in [5, 5.41) is 12.2. The lowest BCUT2D eigenvalue weighted by atomic mass is 10.0. The number of benzene rings is 1. The second-order valence-corrected chi connectivity index (χ2v) is 6.14. The van der Waals surface area contributed by atoms with Crippen LogP contribution < -0.4 is 5.32 Å². The third-order valence-electron chi connectivity index (χ3n) is 4.26. The Kier molecular flexibility index (Phi) is 5.34. The molecule has 0 bridgehead atoms. The molecular weight excluding hydrogens is 269 g/mol. The number of carbonyl (C=O) groups is 1. The Hall–Kier alpha value is -1.42. The molecule has 1 aromatic carbocycles. The highest BCUT2D eigenvalue weighted by molar-refractivity contribution is 5.83. The molecule has 2 N–H and O–H groups in total. The van der Waals surface area contributed by atoms with Gasteiger partial charge in [0.1, 0.15) is 5.82 Å². The Labute approximate surface area is 125 Å². The van der Waals surface area contributed by atoms with Crippen LogP contribution in [-0.2, 0) is 4.79 Å². The van der Waals surface area contributed by atoms with Crippen molar-refractivity contribution in [1.29, 1.82) is 0 Å². The normalized spacial score (nSPS) is 23.4. The number of nitrogens with one attached hydrogen (secondary N) is 1. The van der Waals surface area contributed by atoms with Crippen molar-refractivity contribution in [2.75, 3.05) is 6.61 Å². The van der Waals surface area contributed by atoms with Crippen molar-refractivity contribution in [1.82, 2.24) is 5.32 Å². The first kappa shape index (κ1) is 16.0. The fourth-order valence-corrected chi connectivity index (χ4v) is 2.76. The molecule has 1 fully saturated rings. The molecule has 116 valence electrons. The van der Waals surface area contributed by atoms with Crippen molar-refractivity contribution in [2.24, 2.45) is 11.8 Å². The van der Waals surface area contributed by atoms with Crippen molar-refractivity contribution in [2.45, 2.75) is 45.1 Å². The molecule has 21 heavy (non-hydrogen) atoms. The van der Waals surface area contributed by atoms with Crippen LogP contribution >= 0.6 is 0 Å². The van der Waals surface area contributed by atoms with Crippen molar-refractivity contribution in [3.05, 3.63) is 35.6 Å². The van der Waals surface area contributed by atoms with E-state index in [0.717, 1.165) is 24.8 Å². The number of carbonyl (C=O) groups excluding carboxylic acids is 1. The van der Waals surface area contributed by atoms with E-state index in [4.69, 9.17) is 5.11 Å². The Bertz CT molecular complexity index is 474. The molecule has 2 unspecified atom stereocenters. The van der Waals surface area contributed by atoms with E-state index in [1.165, 1.54) is 12.1 Å². The first-order valence-corrected chi connectivity index (χ1v) is 7.71. The second kappa shape index (κ2) is 7.03. The number of halogens is 1. The third-order valence-corrected chi connectivity index (χ3v) is 4.26. The van der Waals surface area contributed by atoms with Crippen molar-refractivity contribution in [3.63, 3.8) is 0 Å². The monoisotopic (exact) mass is 293 g/mol. The molecule has 1 saturated carbocycles. The number of hydrogen-bond acceptors (Lipinski definition) is 2. The molecule has 0 saturated heterocycles. The lowest BCUT2D eigenvalue weighted by Crippen LogP contribution is -2.37. The van der Waals surface area contributed by atoms with Crippen molar-refractivity contribution >= 4 is 5.91 Å². The fourth-order valence-electron chi connectivity index (χ4n) is 2.76. The minimum atomic E-state index is -0.246. The summed E-state index contributed by atoms with van der Waals surface area (Å²) in [5.74, 6) is 0.264. The first-order chi connectivity index (χ1) is 10.0. The summed E-state index contributed by atoms with van der Waals surface area (Å²) in [6.07, 6.45) is 2.50. The highest BCUT2D eigenvalue weighted by Crippen LogP contribution is 2.47. The van der Waals surface area contributed by atoms with E-state index in [-0.39, 0.29) is 42.1 Å². The van der Waals surface area contributed by atoms with Gasteiger partial charge >= 0.3 is 0 Å². The van der Waals surface area contributed by atoms with Crippen molar-refractivity contribution < 1.29 is 14.3 Å². The smallest absolute Gasteiger partial charge is 0.223 e. The number of aliphatic hydroxyl groups excluding tert-OH is 1. The van der Waals surface area contributed by atoms with Crippen LogP contribution in [0.1, 0.15) is 44.6 Å². The molecule has 1 aromatic rings. The van der Waals surface area contributed by atoms with Crippen LogP contribution in [0.2, 0.25) is 0 Å². The van der Waals surface area contributed by atoms with Gasteiger partial charge in [0.05, 0.1) is 0 Å². The molecule has 2 rings (SSSR count). The van der Waals surface area contributed by atoms with Crippen LogP contribution in [-0.4, -0.2) is 23.7 Å². The zero-order valence-corrected chi connectivity index (χ0v) is 12.7. The van der Waals surface area contributed by atoms with Gasteiger partial charge in [-0.2, -0.15) is 0 Å². The van der Waals surface area contributed by atoms with E-state index in [1.807, 2.05) is 13.8 Å². The van der Waals surface area contributed by atoms with Gasteiger partial charge in [0.15, 0.2) is 0 Å². The van der Waals surface area contributed by atoms with Crippen molar-refractivity contribution in [3.8, 4) is 0 Å². The molecule has 0 aromatic heterocycles. The van der Waals surface area contributed by atoms with Gasteiger partial charge in [-0.25, -0.2) is 4.39 Å². The van der Waals surface area contributed by atoms with Gasteiger partial charge in [0, 0.05) is 18.6 Å². The second-order valence-electron chi connectivity index (χ2n) is 6.14. The van der Waals surface area contributed by atoms with Gasteiger partial charge in [0.25, 0.3) is 0 Å². The van der Waals surface area contributed by atoms with E-state index in [0.29, 0.717) is 0 Å². The molecule has 1 aliphatic rings. The standard InChI is InChI=1S/C17H24FNO2/c1-3-14(8-11(2)10-20)19-17(21)16-9-15(16)12-4-6-13(18)7-5-12/h4-7,11,14-16,20H,3,8-10H2,1-2H3,(H,19,21)/t11?,14?,15-,16+/m0/s1. The molecule has 4 heteroatoms. The van der Waals surface area contributed by atoms with Crippen LogP contribution in [0, 0.1) is 17.7 Å². The Morgan fingerprint density at radius 1 is 1.43 bits per heavy atom. The van der Waals surface area contributed by atoms with Crippen LogP contribution in [0.5, 0.6) is 0 Å². The minimum Gasteiger partial charge on any atom is -0.396 e. The fraction of sp³-hybridized carbons (Fsp3) is 0.588. The summed E-state index contributed by atoms with van der Waals surface area (Å²) in [7, 11) is 0. The molecular formula is C17H24FNO2. The summed E-state index contributed by atoms with van der Waals surface area (Å²) in [4.78, 5) is 12.2.